The van der Waals surface area contributed by atoms with Crippen LogP contribution in [0, 0.1) is 17.3 Å². The molecule has 2 saturated carbocycles. The van der Waals surface area contributed by atoms with Crippen molar-refractivity contribution in [2.24, 2.45) is 17.3 Å². The number of phenols is 1. The molecule has 3 aliphatic carbocycles. The summed E-state index contributed by atoms with van der Waals surface area (Å²) in [7, 11) is 0. The van der Waals surface area contributed by atoms with E-state index in [1.54, 1.807) is 5.56 Å². The fourth-order valence-corrected chi connectivity index (χ4v) is 6.84. The number of nitrogens with zero attached hydrogens (tertiary/aromatic N) is 1. The number of aromatic hydroxyl groups is 1. The van der Waals surface area contributed by atoms with Gasteiger partial charge in [0.05, 0.1) is 0 Å². The van der Waals surface area contributed by atoms with E-state index in [9.17, 15) is 5.11 Å². The first-order valence-corrected chi connectivity index (χ1v) is 11.3. The van der Waals surface area contributed by atoms with Gasteiger partial charge in [-0.1, -0.05) is 26.8 Å². The summed E-state index contributed by atoms with van der Waals surface area (Å²) in [6, 6.07) is 6.84. The summed E-state index contributed by atoms with van der Waals surface area (Å²) in [6.07, 6.45) is 7.88. The van der Waals surface area contributed by atoms with Crippen LogP contribution >= 0.6 is 0 Å². The molecule has 1 aromatic carbocycles. The first-order valence-electron chi connectivity index (χ1n) is 11.3. The summed E-state index contributed by atoms with van der Waals surface area (Å²) < 4.78 is 0. The Morgan fingerprint density at radius 1 is 1.15 bits per heavy atom. The summed E-state index contributed by atoms with van der Waals surface area (Å²) >= 11 is 0. The van der Waals surface area contributed by atoms with Crippen LogP contribution in [0.4, 0.5) is 0 Å². The van der Waals surface area contributed by atoms with Gasteiger partial charge in [-0.25, -0.2) is 0 Å². The fraction of sp³-hybridized carbons (Fsp3) is 0.750. The van der Waals surface area contributed by atoms with Gasteiger partial charge in [-0.05, 0) is 98.0 Å². The Kier molecular flexibility index (Phi) is 5.53. The van der Waals surface area contributed by atoms with Crippen LogP contribution in [0.5, 0.6) is 5.75 Å². The van der Waals surface area contributed by atoms with Crippen molar-refractivity contribution >= 4 is 0 Å². The molecule has 0 heterocycles. The number of fused-ring (bicyclic) bond motifs is 5. The molecular formula is C24H38N2O. The van der Waals surface area contributed by atoms with Crippen LogP contribution in [0.2, 0.25) is 0 Å². The summed E-state index contributed by atoms with van der Waals surface area (Å²) in [5.74, 6) is 2.87. The van der Waals surface area contributed by atoms with E-state index in [4.69, 9.17) is 0 Å². The van der Waals surface area contributed by atoms with Crippen molar-refractivity contribution in [1.29, 1.82) is 0 Å². The Hall–Kier alpha value is -1.06. The van der Waals surface area contributed by atoms with Gasteiger partial charge in [0.1, 0.15) is 5.75 Å². The molecule has 4 rings (SSSR count). The number of phenolic OH excluding ortho intramolecular Hbond substituents is 1. The van der Waals surface area contributed by atoms with E-state index in [1.807, 2.05) is 12.1 Å². The maximum atomic E-state index is 9.86. The van der Waals surface area contributed by atoms with Crippen molar-refractivity contribution in [3.8, 4) is 5.75 Å². The van der Waals surface area contributed by atoms with Crippen LogP contribution in [0.25, 0.3) is 0 Å². The average molecular weight is 371 g/mol. The van der Waals surface area contributed by atoms with Crippen LogP contribution in [-0.4, -0.2) is 42.2 Å². The molecule has 1 aromatic rings. The monoisotopic (exact) mass is 370 g/mol. The molecule has 3 nitrogen and oxygen atoms in total. The van der Waals surface area contributed by atoms with Crippen LogP contribution in [0.15, 0.2) is 18.2 Å². The number of hydrogen-bond donors (Lipinski definition) is 2. The van der Waals surface area contributed by atoms with Crippen molar-refractivity contribution < 1.29 is 5.11 Å². The zero-order chi connectivity index (χ0) is 19.0. The summed E-state index contributed by atoms with van der Waals surface area (Å²) in [5.41, 5.74) is 3.43. The van der Waals surface area contributed by atoms with E-state index in [-0.39, 0.29) is 0 Å². The van der Waals surface area contributed by atoms with Crippen molar-refractivity contribution in [3.05, 3.63) is 29.3 Å². The van der Waals surface area contributed by atoms with Crippen LogP contribution in [-0.2, 0) is 6.42 Å². The number of aryl methyl sites for hydroxylation is 1. The molecule has 0 aromatic heterocycles. The third-order valence-corrected chi connectivity index (χ3v) is 8.42. The zero-order valence-electron chi connectivity index (χ0n) is 17.5. The van der Waals surface area contributed by atoms with E-state index >= 15 is 0 Å². The maximum absolute atomic E-state index is 9.86. The molecule has 3 aliphatic rings. The van der Waals surface area contributed by atoms with E-state index in [0.717, 1.165) is 43.8 Å². The lowest BCUT2D eigenvalue weighted by Crippen LogP contribution is -2.49. The van der Waals surface area contributed by atoms with Gasteiger partial charge >= 0.3 is 0 Å². The van der Waals surface area contributed by atoms with E-state index in [1.165, 1.54) is 44.2 Å². The van der Waals surface area contributed by atoms with Gasteiger partial charge in [0, 0.05) is 19.1 Å². The standard InChI is InChI=1S/C24H38N2O/c1-4-26(5-2)15-14-25-23-11-10-22-21-8-6-17-16-18(27)7-9-19(17)20(21)12-13-24(22,23)3/h7,9,16,20-23,25,27H,4-6,8,10-15H2,1-3H3/t20-,21-,22+,23+,24+/m1/s1. The Morgan fingerprint density at radius 3 is 2.74 bits per heavy atom. The second kappa shape index (κ2) is 7.75. The largest absolute Gasteiger partial charge is 0.508 e. The molecule has 0 unspecified atom stereocenters. The first-order chi connectivity index (χ1) is 13.1. The van der Waals surface area contributed by atoms with E-state index in [2.05, 4.69) is 37.1 Å². The van der Waals surface area contributed by atoms with Crippen LogP contribution < -0.4 is 5.32 Å². The first kappa shape index (κ1) is 19.3. The van der Waals surface area contributed by atoms with Gasteiger partial charge in [0.15, 0.2) is 0 Å². The number of nitrogens with one attached hydrogen (secondary N) is 1. The Labute approximate surface area is 165 Å². The van der Waals surface area contributed by atoms with Crippen molar-refractivity contribution in [2.45, 2.75) is 71.3 Å². The number of benzene rings is 1. The number of hydrogen-bond acceptors (Lipinski definition) is 3. The van der Waals surface area contributed by atoms with Crippen LogP contribution in [0.1, 0.15) is 69.9 Å². The predicted molar refractivity (Wildman–Crippen MR) is 112 cm³/mol. The molecule has 5 atom stereocenters. The molecule has 0 aliphatic heterocycles. The second-order valence-electron chi connectivity index (χ2n) is 9.45. The highest BCUT2D eigenvalue weighted by Gasteiger charge is 2.54. The molecule has 2 fully saturated rings. The highest BCUT2D eigenvalue weighted by atomic mass is 16.3. The van der Waals surface area contributed by atoms with Crippen molar-refractivity contribution in [3.63, 3.8) is 0 Å². The molecule has 27 heavy (non-hydrogen) atoms. The van der Waals surface area contributed by atoms with Gasteiger partial charge in [-0.15, -0.1) is 0 Å². The quantitative estimate of drug-likeness (QED) is 0.771. The van der Waals surface area contributed by atoms with Crippen molar-refractivity contribution in [2.75, 3.05) is 26.2 Å². The predicted octanol–water partition coefficient (Wildman–Crippen LogP) is 4.55. The molecule has 0 spiro atoms. The molecule has 0 radical (unpaired) electrons. The maximum Gasteiger partial charge on any atom is 0.115 e. The van der Waals surface area contributed by atoms with Crippen LogP contribution in [0.3, 0.4) is 0 Å². The molecule has 2 N–H and O–H groups in total. The third kappa shape index (κ3) is 3.42. The van der Waals surface area contributed by atoms with Gasteiger partial charge in [0.2, 0.25) is 0 Å². The number of likely N-dealkylation sites (N-methyl/N-ethyl adjacent to an activating group) is 1. The summed E-state index contributed by atoms with van der Waals surface area (Å²) in [5, 5.41) is 13.8. The summed E-state index contributed by atoms with van der Waals surface area (Å²) in [4.78, 5) is 2.52. The van der Waals surface area contributed by atoms with Crippen molar-refractivity contribution in [1.82, 2.24) is 10.2 Å². The highest BCUT2D eigenvalue weighted by molar-refractivity contribution is 5.40. The molecule has 0 saturated heterocycles. The average Bonchev–Trinajstić information content (AvgIpc) is 3.01. The minimum absolute atomic E-state index is 0.436. The Balaban J connectivity index is 1.45. The molecule has 0 amide bonds. The van der Waals surface area contributed by atoms with E-state index < -0.39 is 0 Å². The molecule has 0 bridgehead atoms. The lowest BCUT2D eigenvalue weighted by molar-refractivity contribution is 0.0407. The lowest BCUT2D eigenvalue weighted by Gasteiger charge is -2.51. The number of rotatable bonds is 6. The fourth-order valence-electron chi connectivity index (χ4n) is 6.84. The van der Waals surface area contributed by atoms with E-state index in [0.29, 0.717) is 17.2 Å². The zero-order valence-corrected chi connectivity index (χ0v) is 17.5. The Morgan fingerprint density at radius 2 is 1.96 bits per heavy atom. The summed E-state index contributed by atoms with van der Waals surface area (Å²) in [6.45, 7) is 11.7. The van der Waals surface area contributed by atoms with Gasteiger partial charge in [-0.3, -0.25) is 0 Å². The minimum atomic E-state index is 0.436. The molecule has 150 valence electrons. The molecular weight excluding hydrogens is 332 g/mol. The topological polar surface area (TPSA) is 35.5 Å². The third-order valence-electron chi connectivity index (χ3n) is 8.42. The van der Waals surface area contributed by atoms with Gasteiger partial charge < -0.3 is 15.3 Å². The second-order valence-corrected chi connectivity index (χ2v) is 9.45. The van der Waals surface area contributed by atoms with Gasteiger partial charge in [-0.2, -0.15) is 0 Å². The molecule has 3 heteroatoms. The smallest absolute Gasteiger partial charge is 0.115 e. The Bertz CT molecular complexity index is 656. The highest BCUT2D eigenvalue weighted by Crippen LogP contribution is 2.60. The SMILES string of the molecule is CCN(CC)CCN[C@H]1CC[C@H]2[C@@H]3CCc4cc(O)ccc4[C@H]3CC[C@]12C. The lowest BCUT2D eigenvalue weighted by atomic mass is 9.55. The van der Waals surface area contributed by atoms with Gasteiger partial charge in [0.25, 0.3) is 0 Å². The normalized spacial score (nSPS) is 35.0. The minimum Gasteiger partial charge on any atom is -0.508 e.